The highest BCUT2D eigenvalue weighted by atomic mass is 32.2. The standard InChI is InChI=1S/C11H15N3O4S3/c1-2-21(17,18)10-9(13)8(7-12)19-11(10)14-3-5-20(15,16)6-4-14/h2-6,13H2,1H3. The molecule has 0 saturated carbocycles. The summed E-state index contributed by atoms with van der Waals surface area (Å²) in [6.07, 6.45) is 0. The molecule has 21 heavy (non-hydrogen) atoms. The second kappa shape index (κ2) is 5.47. The summed E-state index contributed by atoms with van der Waals surface area (Å²) in [5.41, 5.74) is 5.77. The predicted molar refractivity (Wildman–Crippen MR) is 82.0 cm³/mol. The highest BCUT2D eigenvalue weighted by Gasteiger charge is 2.31. The average molecular weight is 349 g/mol. The van der Waals surface area contributed by atoms with Gasteiger partial charge in [0, 0.05) is 13.1 Å². The summed E-state index contributed by atoms with van der Waals surface area (Å²) in [6.45, 7) is 1.92. The molecule has 0 bridgehead atoms. The summed E-state index contributed by atoms with van der Waals surface area (Å²) in [6, 6.07) is 1.89. The number of nitrogens with zero attached hydrogens (tertiary/aromatic N) is 2. The minimum Gasteiger partial charge on any atom is -0.396 e. The molecule has 0 unspecified atom stereocenters. The molecule has 1 aliphatic rings. The Kier molecular flexibility index (Phi) is 4.19. The fourth-order valence-electron chi connectivity index (χ4n) is 2.07. The lowest BCUT2D eigenvalue weighted by Gasteiger charge is -2.28. The minimum atomic E-state index is -3.58. The van der Waals surface area contributed by atoms with E-state index >= 15 is 0 Å². The molecule has 0 amide bonds. The van der Waals surface area contributed by atoms with E-state index < -0.39 is 19.7 Å². The zero-order valence-corrected chi connectivity index (χ0v) is 13.8. The van der Waals surface area contributed by atoms with Gasteiger partial charge in [0.1, 0.15) is 20.8 Å². The van der Waals surface area contributed by atoms with Gasteiger partial charge in [-0.25, -0.2) is 16.8 Å². The van der Waals surface area contributed by atoms with Crippen LogP contribution in [0.2, 0.25) is 0 Å². The van der Waals surface area contributed by atoms with Gasteiger partial charge in [-0.2, -0.15) is 5.26 Å². The molecule has 1 aromatic heterocycles. The molecule has 0 spiro atoms. The van der Waals surface area contributed by atoms with Crippen molar-refractivity contribution in [3.63, 3.8) is 0 Å². The van der Waals surface area contributed by atoms with Crippen molar-refractivity contribution in [1.29, 1.82) is 5.26 Å². The summed E-state index contributed by atoms with van der Waals surface area (Å²) in [7, 11) is -6.65. The number of hydrogen-bond donors (Lipinski definition) is 1. The van der Waals surface area contributed by atoms with Crippen LogP contribution >= 0.6 is 11.3 Å². The van der Waals surface area contributed by atoms with E-state index in [9.17, 15) is 16.8 Å². The van der Waals surface area contributed by atoms with Crippen LogP contribution in [-0.4, -0.2) is 47.2 Å². The normalized spacial score (nSPS) is 18.4. The van der Waals surface area contributed by atoms with E-state index in [-0.39, 0.29) is 45.8 Å². The smallest absolute Gasteiger partial charge is 0.183 e. The maximum atomic E-state index is 12.2. The van der Waals surface area contributed by atoms with Crippen molar-refractivity contribution in [2.24, 2.45) is 0 Å². The first-order chi connectivity index (χ1) is 9.72. The van der Waals surface area contributed by atoms with Crippen molar-refractivity contribution >= 4 is 41.7 Å². The van der Waals surface area contributed by atoms with Gasteiger partial charge in [0.05, 0.1) is 22.9 Å². The fourth-order valence-corrected chi connectivity index (χ4v) is 5.93. The average Bonchev–Trinajstić information content (AvgIpc) is 2.76. The van der Waals surface area contributed by atoms with Crippen molar-refractivity contribution in [3.8, 4) is 6.07 Å². The fraction of sp³-hybridized carbons (Fsp3) is 0.545. The summed E-state index contributed by atoms with van der Waals surface area (Å²) in [5, 5.41) is 9.42. The zero-order valence-electron chi connectivity index (χ0n) is 11.4. The van der Waals surface area contributed by atoms with Crippen LogP contribution in [0.5, 0.6) is 0 Å². The molecule has 2 rings (SSSR count). The number of nitrogens with two attached hydrogens (primary N) is 1. The van der Waals surface area contributed by atoms with Crippen LogP contribution in [0.3, 0.4) is 0 Å². The van der Waals surface area contributed by atoms with Crippen molar-refractivity contribution < 1.29 is 16.8 Å². The third-order valence-corrected chi connectivity index (χ3v) is 8.01. The van der Waals surface area contributed by atoms with Crippen LogP contribution in [0.25, 0.3) is 0 Å². The van der Waals surface area contributed by atoms with Crippen LogP contribution < -0.4 is 10.6 Å². The van der Waals surface area contributed by atoms with Gasteiger partial charge >= 0.3 is 0 Å². The molecule has 10 heteroatoms. The first kappa shape index (κ1) is 16.1. The lowest BCUT2D eigenvalue weighted by molar-refractivity contribution is 0.586. The quantitative estimate of drug-likeness (QED) is 0.829. The number of nitrogen functional groups attached to an aromatic ring is 1. The highest BCUT2D eigenvalue weighted by Crippen LogP contribution is 2.42. The van der Waals surface area contributed by atoms with Gasteiger partial charge in [-0.1, -0.05) is 6.92 Å². The van der Waals surface area contributed by atoms with Crippen molar-refractivity contribution in [3.05, 3.63) is 4.88 Å². The Bertz CT molecular complexity index is 789. The van der Waals surface area contributed by atoms with Gasteiger partial charge in [-0.05, 0) is 0 Å². The lowest BCUT2D eigenvalue weighted by Crippen LogP contribution is -2.40. The minimum absolute atomic E-state index is 0.0295. The Morgan fingerprint density at radius 2 is 1.95 bits per heavy atom. The molecule has 1 aliphatic heterocycles. The molecule has 2 heterocycles. The van der Waals surface area contributed by atoms with Gasteiger partial charge in [-0.3, -0.25) is 0 Å². The third kappa shape index (κ3) is 3.00. The molecule has 0 aliphatic carbocycles. The Balaban J connectivity index is 2.53. The van der Waals surface area contributed by atoms with E-state index in [1.54, 1.807) is 4.90 Å². The van der Waals surface area contributed by atoms with Crippen molar-refractivity contribution in [1.82, 2.24) is 0 Å². The zero-order chi connectivity index (χ0) is 15.8. The van der Waals surface area contributed by atoms with Crippen molar-refractivity contribution in [2.45, 2.75) is 11.8 Å². The lowest BCUT2D eigenvalue weighted by atomic mass is 10.4. The number of hydrogen-bond acceptors (Lipinski definition) is 8. The van der Waals surface area contributed by atoms with E-state index in [4.69, 9.17) is 11.0 Å². The number of rotatable bonds is 3. The number of thiophene rings is 1. The Morgan fingerprint density at radius 3 is 2.43 bits per heavy atom. The van der Waals surface area contributed by atoms with E-state index in [1.807, 2.05) is 6.07 Å². The number of sulfone groups is 2. The molecular formula is C11H15N3O4S3. The van der Waals surface area contributed by atoms with Crippen LogP contribution in [0.4, 0.5) is 10.7 Å². The highest BCUT2D eigenvalue weighted by molar-refractivity contribution is 7.92. The summed E-state index contributed by atoms with van der Waals surface area (Å²) in [5.74, 6) is -0.186. The van der Waals surface area contributed by atoms with Gasteiger partial charge in [0.25, 0.3) is 0 Å². The molecule has 116 valence electrons. The van der Waals surface area contributed by atoms with Crippen LogP contribution in [0, 0.1) is 11.3 Å². The third-order valence-electron chi connectivity index (χ3n) is 3.31. The maximum Gasteiger partial charge on any atom is 0.183 e. The molecular weight excluding hydrogens is 334 g/mol. The molecule has 1 saturated heterocycles. The number of anilines is 2. The van der Waals surface area contributed by atoms with Crippen LogP contribution in [-0.2, 0) is 19.7 Å². The topological polar surface area (TPSA) is 121 Å². The SMILES string of the molecule is CCS(=O)(=O)c1c(N2CCS(=O)(=O)CC2)sc(C#N)c1N. The van der Waals surface area contributed by atoms with E-state index in [2.05, 4.69) is 0 Å². The van der Waals surface area contributed by atoms with Gasteiger partial charge in [0.15, 0.2) is 19.7 Å². The first-order valence-corrected chi connectivity index (χ1v) is 10.5. The predicted octanol–water partition coefficient (Wildman–Crippen LogP) is 0.230. The monoisotopic (exact) mass is 349 g/mol. The molecule has 0 atom stereocenters. The first-order valence-electron chi connectivity index (χ1n) is 6.22. The van der Waals surface area contributed by atoms with E-state index in [0.717, 1.165) is 11.3 Å². The largest absolute Gasteiger partial charge is 0.396 e. The summed E-state index contributed by atoms with van der Waals surface area (Å²) in [4.78, 5) is 1.79. The molecule has 0 aromatic carbocycles. The van der Waals surface area contributed by atoms with Crippen molar-refractivity contribution in [2.75, 3.05) is 41.0 Å². The molecule has 1 aromatic rings. The van der Waals surface area contributed by atoms with E-state index in [1.165, 1.54) is 6.92 Å². The molecule has 7 nitrogen and oxygen atoms in total. The Hall–Kier alpha value is -1.31. The van der Waals surface area contributed by atoms with Gasteiger partial charge in [0.2, 0.25) is 0 Å². The van der Waals surface area contributed by atoms with E-state index in [0.29, 0.717) is 5.00 Å². The Morgan fingerprint density at radius 1 is 1.38 bits per heavy atom. The second-order valence-corrected chi connectivity index (χ2v) is 10.2. The Labute approximate surface area is 127 Å². The number of nitriles is 1. The van der Waals surface area contributed by atoms with Crippen LogP contribution in [0.15, 0.2) is 4.90 Å². The molecule has 0 radical (unpaired) electrons. The van der Waals surface area contributed by atoms with Gasteiger partial charge in [-0.15, -0.1) is 11.3 Å². The summed E-state index contributed by atoms with van der Waals surface area (Å²) >= 11 is 1.00. The second-order valence-electron chi connectivity index (χ2n) is 4.63. The molecule has 1 fully saturated rings. The maximum absolute atomic E-state index is 12.2. The molecule has 2 N–H and O–H groups in total. The summed E-state index contributed by atoms with van der Waals surface area (Å²) < 4.78 is 47.4. The van der Waals surface area contributed by atoms with Gasteiger partial charge < -0.3 is 10.6 Å². The van der Waals surface area contributed by atoms with Crippen LogP contribution in [0.1, 0.15) is 11.8 Å².